The van der Waals surface area contributed by atoms with E-state index >= 15 is 0 Å². The van der Waals surface area contributed by atoms with Crippen molar-refractivity contribution >= 4 is 17.5 Å². The zero-order valence-electron chi connectivity index (χ0n) is 14.9. The van der Waals surface area contributed by atoms with E-state index in [-0.39, 0.29) is 6.09 Å². The molecule has 3 heterocycles. The summed E-state index contributed by atoms with van der Waals surface area (Å²) in [5.74, 6) is 1.07. The first-order valence-corrected chi connectivity index (χ1v) is 8.82. The van der Waals surface area contributed by atoms with Gasteiger partial charge in [-0.25, -0.2) is 9.78 Å². The summed E-state index contributed by atoms with van der Waals surface area (Å²) < 4.78 is 5.44. The van der Waals surface area contributed by atoms with Crippen LogP contribution in [0.5, 0.6) is 0 Å². The summed E-state index contributed by atoms with van der Waals surface area (Å²) in [6.45, 7) is 9.14. The molecule has 5 nitrogen and oxygen atoms in total. The predicted octanol–water partition coefficient (Wildman–Crippen LogP) is 3.71. The predicted molar refractivity (Wildman–Crippen MR) is 96.1 cm³/mol. The normalized spacial score (nSPS) is 18.5. The number of hydrogen-bond acceptors (Lipinski definition) is 4. The molecule has 1 aromatic heterocycles. The lowest BCUT2D eigenvalue weighted by molar-refractivity contribution is 0.0270. The highest BCUT2D eigenvalue weighted by Crippen LogP contribution is 2.25. The number of carbonyl (C=O) groups excluding carboxylic acids is 1. The molecule has 0 N–H and O–H groups in total. The summed E-state index contributed by atoms with van der Waals surface area (Å²) in [6.07, 6.45) is 5.18. The maximum Gasteiger partial charge on any atom is 0.410 e. The fourth-order valence-electron chi connectivity index (χ4n) is 3.12. The van der Waals surface area contributed by atoms with Crippen molar-refractivity contribution in [3.8, 4) is 0 Å². The molecule has 24 heavy (non-hydrogen) atoms. The van der Waals surface area contributed by atoms with Crippen molar-refractivity contribution < 1.29 is 9.53 Å². The molecule has 0 aromatic carbocycles. The molecule has 130 valence electrons. The van der Waals surface area contributed by atoms with E-state index in [0.717, 1.165) is 31.0 Å². The lowest BCUT2D eigenvalue weighted by Crippen LogP contribution is -2.39. The first kappa shape index (κ1) is 16.8. The minimum Gasteiger partial charge on any atom is -0.444 e. The Morgan fingerprint density at radius 1 is 1.17 bits per heavy atom. The number of anilines is 1. The second kappa shape index (κ2) is 6.83. The number of hydrogen-bond donors (Lipinski definition) is 0. The number of ether oxygens (including phenoxy) is 1. The van der Waals surface area contributed by atoms with Crippen molar-refractivity contribution in [1.29, 1.82) is 0 Å². The van der Waals surface area contributed by atoms with Gasteiger partial charge in [-0.05, 0) is 57.7 Å². The van der Waals surface area contributed by atoms with Crippen LogP contribution in [0.3, 0.4) is 0 Å². The van der Waals surface area contributed by atoms with Gasteiger partial charge < -0.3 is 14.5 Å². The molecule has 0 unspecified atom stereocenters. The van der Waals surface area contributed by atoms with E-state index in [1.165, 1.54) is 18.4 Å². The topological polar surface area (TPSA) is 45.7 Å². The van der Waals surface area contributed by atoms with Gasteiger partial charge in [0, 0.05) is 26.2 Å². The van der Waals surface area contributed by atoms with Crippen molar-refractivity contribution in [1.82, 2.24) is 9.88 Å². The van der Waals surface area contributed by atoms with Gasteiger partial charge in [0.25, 0.3) is 0 Å². The lowest BCUT2D eigenvalue weighted by Gasteiger charge is -2.29. The van der Waals surface area contributed by atoms with Crippen molar-refractivity contribution in [3.63, 3.8) is 0 Å². The highest BCUT2D eigenvalue weighted by Gasteiger charge is 2.24. The molecule has 0 atom stereocenters. The zero-order chi connectivity index (χ0) is 17.2. The van der Waals surface area contributed by atoms with E-state index in [9.17, 15) is 4.79 Å². The van der Waals surface area contributed by atoms with Crippen molar-refractivity contribution in [2.75, 3.05) is 31.1 Å². The molecule has 1 amide bonds. The van der Waals surface area contributed by atoms with Gasteiger partial charge in [0.2, 0.25) is 0 Å². The number of amides is 1. The Kier molecular flexibility index (Phi) is 4.78. The molecule has 0 saturated carbocycles. The zero-order valence-corrected chi connectivity index (χ0v) is 14.9. The van der Waals surface area contributed by atoms with E-state index in [4.69, 9.17) is 9.72 Å². The van der Waals surface area contributed by atoms with Gasteiger partial charge in [-0.15, -0.1) is 0 Å². The Bertz CT molecular complexity index is 628. The molecule has 2 aliphatic rings. The highest BCUT2D eigenvalue weighted by molar-refractivity contribution is 5.72. The number of carbonyl (C=O) groups is 1. The quantitative estimate of drug-likeness (QED) is 0.830. The number of nitrogens with zero attached hydrogens (tertiary/aromatic N) is 3. The summed E-state index contributed by atoms with van der Waals surface area (Å²) in [5, 5.41) is 0. The Hall–Kier alpha value is -2.04. The van der Waals surface area contributed by atoms with Crippen LogP contribution >= 0.6 is 0 Å². The van der Waals surface area contributed by atoms with E-state index in [1.54, 1.807) is 4.90 Å². The monoisotopic (exact) mass is 329 g/mol. The summed E-state index contributed by atoms with van der Waals surface area (Å²) in [4.78, 5) is 21.1. The van der Waals surface area contributed by atoms with Crippen LogP contribution in [0.15, 0.2) is 24.3 Å². The largest absolute Gasteiger partial charge is 0.444 e. The van der Waals surface area contributed by atoms with Gasteiger partial charge in [0.15, 0.2) is 0 Å². The van der Waals surface area contributed by atoms with E-state index in [1.807, 2.05) is 20.8 Å². The average Bonchev–Trinajstić information content (AvgIpc) is 3.08. The molecular weight excluding hydrogens is 302 g/mol. The molecule has 2 aliphatic heterocycles. The van der Waals surface area contributed by atoms with Crippen molar-refractivity contribution in [2.45, 2.75) is 45.6 Å². The second-order valence-corrected chi connectivity index (χ2v) is 7.48. The van der Waals surface area contributed by atoms with Gasteiger partial charge >= 0.3 is 6.09 Å². The second-order valence-electron chi connectivity index (χ2n) is 7.48. The van der Waals surface area contributed by atoms with Crippen molar-refractivity contribution in [2.24, 2.45) is 0 Å². The molecule has 1 aromatic rings. The van der Waals surface area contributed by atoms with Crippen LogP contribution < -0.4 is 4.90 Å². The third kappa shape index (κ3) is 4.08. The van der Waals surface area contributed by atoms with Crippen LogP contribution in [0.25, 0.3) is 5.57 Å². The fraction of sp³-hybridized carbons (Fsp3) is 0.579. The van der Waals surface area contributed by atoms with Gasteiger partial charge in [-0.2, -0.15) is 0 Å². The fourth-order valence-corrected chi connectivity index (χ4v) is 3.12. The highest BCUT2D eigenvalue weighted by atomic mass is 16.6. The lowest BCUT2D eigenvalue weighted by atomic mass is 10.0. The maximum absolute atomic E-state index is 12.1. The molecule has 0 bridgehead atoms. The number of pyridine rings is 1. The maximum atomic E-state index is 12.1. The Balaban J connectivity index is 1.66. The summed E-state index contributed by atoms with van der Waals surface area (Å²) in [6, 6.07) is 6.23. The van der Waals surface area contributed by atoms with Crippen LogP contribution in [0.1, 0.15) is 45.7 Å². The number of rotatable bonds is 2. The summed E-state index contributed by atoms with van der Waals surface area (Å²) >= 11 is 0. The third-order valence-corrected chi connectivity index (χ3v) is 4.35. The van der Waals surface area contributed by atoms with Gasteiger partial charge in [-0.3, -0.25) is 0 Å². The van der Waals surface area contributed by atoms with Gasteiger partial charge in [-0.1, -0.05) is 12.1 Å². The van der Waals surface area contributed by atoms with Crippen LogP contribution in [0.2, 0.25) is 0 Å². The molecule has 5 heteroatoms. The summed E-state index contributed by atoms with van der Waals surface area (Å²) in [7, 11) is 0. The third-order valence-electron chi connectivity index (χ3n) is 4.35. The molecule has 1 saturated heterocycles. The smallest absolute Gasteiger partial charge is 0.410 e. The van der Waals surface area contributed by atoms with Crippen molar-refractivity contribution in [3.05, 3.63) is 30.0 Å². The first-order valence-electron chi connectivity index (χ1n) is 8.82. The molecule has 3 rings (SSSR count). The van der Waals surface area contributed by atoms with Crippen LogP contribution in [0.4, 0.5) is 10.6 Å². The minimum atomic E-state index is -0.452. The Labute approximate surface area is 144 Å². The molecule has 0 radical (unpaired) electrons. The molecule has 0 aliphatic carbocycles. The van der Waals surface area contributed by atoms with E-state index < -0.39 is 5.60 Å². The molecule has 1 fully saturated rings. The first-order chi connectivity index (χ1) is 11.4. The Morgan fingerprint density at radius 2 is 1.92 bits per heavy atom. The van der Waals surface area contributed by atoms with Crippen LogP contribution in [-0.2, 0) is 4.74 Å². The standard InChI is InChI=1S/C19H27N3O2/c1-19(2,3)24-18(23)22-13-9-15(10-14-22)16-7-6-8-17(20-16)21-11-4-5-12-21/h6-9H,4-5,10-14H2,1-3H3. The van der Waals surface area contributed by atoms with Crippen LogP contribution in [-0.4, -0.2) is 47.8 Å². The SMILES string of the molecule is CC(C)(C)OC(=O)N1CC=C(c2cccc(N3CCCC3)n2)CC1. The number of aromatic nitrogens is 1. The van der Waals surface area contributed by atoms with Gasteiger partial charge in [0.1, 0.15) is 11.4 Å². The molecule has 0 spiro atoms. The van der Waals surface area contributed by atoms with E-state index in [2.05, 4.69) is 29.2 Å². The van der Waals surface area contributed by atoms with Gasteiger partial charge in [0.05, 0.1) is 5.69 Å². The Morgan fingerprint density at radius 3 is 2.54 bits per heavy atom. The summed E-state index contributed by atoms with van der Waals surface area (Å²) in [5.41, 5.74) is 1.80. The molecular formula is C19H27N3O2. The van der Waals surface area contributed by atoms with E-state index in [0.29, 0.717) is 13.1 Å². The average molecular weight is 329 g/mol. The minimum absolute atomic E-state index is 0.239. The van der Waals surface area contributed by atoms with Crippen LogP contribution in [0, 0.1) is 0 Å².